The number of nitrogens with zero attached hydrogens (tertiary/aromatic N) is 1. The number of hydrogen-bond acceptors (Lipinski definition) is 11. The van der Waals surface area contributed by atoms with Crippen molar-refractivity contribution in [2.24, 2.45) is 0 Å². The highest BCUT2D eigenvalue weighted by Gasteiger charge is 2.36. The number of hydrogen-bond donors (Lipinski definition) is 4. The molecule has 286 valence electrons. The molecule has 0 bridgehead atoms. The maximum Gasteiger partial charge on any atom is 0.324 e. The summed E-state index contributed by atoms with van der Waals surface area (Å²) in [5, 5.41) is 6.31. The number of anilines is 1. The number of nitrogen functional groups attached to an aromatic ring is 1. The van der Waals surface area contributed by atoms with Crippen molar-refractivity contribution >= 4 is 45.9 Å². The van der Waals surface area contributed by atoms with Gasteiger partial charge in [-0.1, -0.05) is 84.1 Å². The van der Waals surface area contributed by atoms with E-state index >= 15 is 0 Å². The van der Waals surface area contributed by atoms with Crippen molar-refractivity contribution in [1.82, 2.24) is 19.9 Å². The van der Waals surface area contributed by atoms with Crippen LogP contribution in [0.1, 0.15) is 44.5 Å². The Labute approximate surface area is 315 Å². The minimum absolute atomic E-state index is 0.0254. The Morgan fingerprint density at radius 3 is 1.85 bits per heavy atom. The number of benzene rings is 3. The monoisotopic (exact) mass is 785 g/mol. The number of thiazole rings is 1. The average molecular weight is 786 g/mol. The van der Waals surface area contributed by atoms with Gasteiger partial charge in [0.25, 0.3) is 0 Å². The summed E-state index contributed by atoms with van der Waals surface area (Å²) in [6.07, 6.45) is -0.743. The number of ether oxygens (including phenoxy) is 3. The van der Waals surface area contributed by atoms with Crippen LogP contribution in [0.4, 0.5) is 5.13 Å². The highest BCUT2D eigenvalue weighted by atomic mass is 32.2. The first-order chi connectivity index (χ1) is 25.2. The van der Waals surface area contributed by atoms with Crippen molar-refractivity contribution < 1.29 is 36.8 Å². The third kappa shape index (κ3) is 12.8. The molecule has 0 aliphatic carbocycles. The zero-order chi connectivity index (χ0) is 38.6. The van der Waals surface area contributed by atoms with Gasteiger partial charge in [0.2, 0.25) is 17.5 Å². The summed E-state index contributed by atoms with van der Waals surface area (Å²) in [7, 11) is -6.31. The Morgan fingerprint density at radius 2 is 1.36 bits per heavy atom. The lowest BCUT2D eigenvalue weighted by Gasteiger charge is -2.29. The van der Waals surface area contributed by atoms with E-state index in [1.54, 1.807) is 39.8 Å². The second-order valence-corrected chi connectivity index (χ2v) is 18.0. The Bertz CT molecular complexity index is 1890. The van der Waals surface area contributed by atoms with Gasteiger partial charge in [0.1, 0.15) is 18.4 Å². The third-order valence-electron chi connectivity index (χ3n) is 7.71. The maximum absolute atomic E-state index is 15.0. The Balaban J connectivity index is 1.62. The lowest BCUT2D eigenvalue weighted by atomic mass is 10.1. The van der Waals surface area contributed by atoms with Crippen molar-refractivity contribution in [3.63, 3.8) is 0 Å². The second-order valence-electron chi connectivity index (χ2n) is 12.8. The van der Waals surface area contributed by atoms with Crippen LogP contribution in [0.5, 0.6) is 0 Å². The van der Waals surface area contributed by atoms with Crippen molar-refractivity contribution in [2.75, 3.05) is 25.7 Å². The average Bonchev–Trinajstić information content (AvgIpc) is 3.50. The van der Waals surface area contributed by atoms with E-state index in [2.05, 4.69) is 19.9 Å². The van der Waals surface area contributed by atoms with Gasteiger partial charge in [0.05, 0.1) is 34.3 Å². The quantitative estimate of drug-likeness (QED) is 0.0514. The molecule has 0 radical (unpaired) electrons. The second kappa shape index (κ2) is 19.4. The molecule has 0 spiro atoms. The maximum atomic E-state index is 15.0. The van der Waals surface area contributed by atoms with Gasteiger partial charge in [0.15, 0.2) is 5.13 Å². The molecule has 0 aliphatic rings. The van der Waals surface area contributed by atoms with Gasteiger partial charge in [-0.25, -0.2) is 28.3 Å². The molecule has 0 fully saturated rings. The van der Waals surface area contributed by atoms with E-state index in [1.807, 2.05) is 60.7 Å². The van der Waals surface area contributed by atoms with Crippen LogP contribution in [-0.4, -0.2) is 69.6 Å². The number of carbonyl (C=O) groups is 2. The summed E-state index contributed by atoms with van der Waals surface area (Å²) in [5.74, 6) is -1.22. The first-order valence-electron chi connectivity index (χ1n) is 17.2. The molecule has 16 heteroatoms. The van der Waals surface area contributed by atoms with E-state index < -0.39 is 60.0 Å². The minimum atomic E-state index is -3.95. The van der Waals surface area contributed by atoms with Crippen LogP contribution in [0.2, 0.25) is 0 Å². The van der Waals surface area contributed by atoms with Crippen LogP contribution in [0.3, 0.4) is 0 Å². The van der Waals surface area contributed by atoms with Crippen molar-refractivity contribution in [1.29, 1.82) is 0 Å². The van der Waals surface area contributed by atoms with Gasteiger partial charge in [-0.15, -0.1) is 0 Å². The molecule has 0 amide bonds. The minimum Gasteiger partial charge on any atom is -0.462 e. The van der Waals surface area contributed by atoms with Gasteiger partial charge in [0, 0.05) is 6.42 Å². The molecular formula is C37H48N5O8PS2. The summed E-state index contributed by atoms with van der Waals surface area (Å²) in [6.45, 7) is 6.94. The molecule has 2 atom stereocenters. The normalized spacial score (nSPS) is 13.2. The van der Waals surface area contributed by atoms with Gasteiger partial charge in [-0.3, -0.25) is 14.2 Å². The van der Waals surface area contributed by atoms with E-state index in [4.69, 9.17) is 19.9 Å². The van der Waals surface area contributed by atoms with E-state index in [-0.39, 0.29) is 35.9 Å². The molecule has 0 unspecified atom stereocenters. The summed E-state index contributed by atoms with van der Waals surface area (Å²) in [4.78, 5) is 32.1. The Kier molecular flexibility index (Phi) is 15.3. The number of esters is 2. The summed E-state index contributed by atoms with van der Waals surface area (Å²) >= 11 is 1.21. The number of sulfonamides is 1. The SMILES string of the molecule is CNS(=O)(=O)c1cccc(-c2sc(N)nc2CCOCP(=O)(N[C@@H](Cc2ccccc2)C(=O)OC(C)C)N[C@@H](Cc2ccccc2)C(=O)OC(C)C)c1. The fourth-order valence-electron chi connectivity index (χ4n) is 5.36. The standard InChI is InChI=1S/C37H48N5O8PS2/c1-25(2)49-35(43)32(21-27-13-8-6-9-14-27)41-51(45,42-33(36(44)50-26(3)4)22-28-15-10-7-11-16-28)24-48-20-19-31-34(52-37(38)40-31)29-17-12-18-30(23-29)53(46,47)39-5/h6-18,23,25-26,32-33,39H,19-22,24H2,1-5H3,(H2,38,40)(H2,41,42,45)/t32-,33-/m0/s1. The smallest absolute Gasteiger partial charge is 0.324 e. The predicted octanol–water partition coefficient (Wildman–Crippen LogP) is 5.32. The largest absolute Gasteiger partial charge is 0.462 e. The van der Waals surface area contributed by atoms with Gasteiger partial charge in [-0.2, -0.15) is 0 Å². The molecule has 0 saturated heterocycles. The molecule has 4 aromatic rings. The molecule has 1 heterocycles. The predicted molar refractivity (Wildman–Crippen MR) is 207 cm³/mol. The topological polar surface area (TPSA) is 188 Å². The summed E-state index contributed by atoms with van der Waals surface area (Å²) < 4.78 is 59.4. The van der Waals surface area contributed by atoms with E-state index in [0.29, 0.717) is 16.1 Å². The lowest BCUT2D eigenvalue weighted by Crippen LogP contribution is -2.47. The zero-order valence-electron chi connectivity index (χ0n) is 30.5. The molecule has 0 aliphatic heterocycles. The van der Waals surface area contributed by atoms with E-state index in [1.165, 1.54) is 30.5 Å². The van der Waals surface area contributed by atoms with Gasteiger partial charge in [-0.05, 0) is 76.4 Å². The van der Waals surface area contributed by atoms with Crippen LogP contribution in [0.25, 0.3) is 10.4 Å². The fraction of sp³-hybridized carbons (Fsp3) is 0.378. The first kappa shape index (κ1) is 41.8. The Hall–Kier alpha value is -3.95. The first-order valence-corrected chi connectivity index (χ1v) is 21.4. The molecule has 13 nitrogen and oxygen atoms in total. The van der Waals surface area contributed by atoms with Gasteiger partial charge >= 0.3 is 11.9 Å². The highest BCUT2D eigenvalue weighted by Crippen LogP contribution is 2.39. The zero-order valence-corrected chi connectivity index (χ0v) is 33.0. The molecule has 5 N–H and O–H groups in total. The van der Waals surface area contributed by atoms with Crippen LogP contribution in [0.15, 0.2) is 89.8 Å². The van der Waals surface area contributed by atoms with Crippen LogP contribution in [0, 0.1) is 0 Å². The number of aromatic nitrogens is 1. The van der Waals surface area contributed by atoms with Crippen molar-refractivity contribution in [2.45, 2.75) is 76.1 Å². The van der Waals surface area contributed by atoms with E-state index in [0.717, 1.165) is 11.1 Å². The number of nitrogens with two attached hydrogens (primary N) is 1. The number of rotatable bonds is 20. The summed E-state index contributed by atoms with van der Waals surface area (Å²) in [5.41, 5.74) is 8.87. The highest BCUT2D eigenvalue weighted by molar-refractivity contribution is 7.89. The Morgan fingerprint density at radius 1 is 0.830 bits per heavy atom. The van der Waals surface area contributed by atoms with Crippen LogP contribution >= 0.6 is 18.8 Å². The van der Waals surface area contributed by atoms with Crippen LogP contribution < -0.4 is 20.6 Å². The van der Waals surface area contributed by atoms with Crippen LogP contribution in [-0.2, 0) is 57.7 Å². The van der Waals surface area contributed by atoms with E-state index in [9.17, 15) is 22.6 Å². The lowest BCUT2D eigenvalue weighted by molar-refractivity contribution is -0.150. The number of nitrogens with one attached hydrogen (secondary N) is 3. The molecule has 1 aromatic heterocycles. The number of carbonyl (C=O) groups excluding carboxylic acids is 2. The van der Waals surface area contributed by atoms with Crippen molar-refractivity contribution in [3.8, 4) is 10.4 Å². The summed E-state index contributed by atoms with van der Waals surface area (Å²) in [6, 6.07) is 22.8. The molecule has 3 aromatic carbocycles. The molecular weight excluding hydrogens is 738 g/mol. The molecule has 4 rings (SSSR count). The third-order valence-corrected chi connectivity index (χ3v) is 12.1. The van der Waals surface area contributed by atoms with Gasteiger partial charge < -0.3 is 19.9 Å². The molecule has 0 saturated carbocycles. The molecule has 53 heavy (non-hydrogen) atoms. The fourth-order valence-corrected chi connectivity index (χ4v) is 9.02. The van der Waals surface area contributed by atoms with Crippen molar-refractivity contribution in [3.05, 3.63) is 102 Å².